The van der Waals surface area contributed by atoms with Gasteiger partial charge in [-0.15, -0.1) is 0 Å². The van der Waals surface area contributed by atoms with Gasteiger partial charge in [-0.3, -0.25) is 14.6 Å². The minimum Gasteiger partial charge on any atom is -0.481 e. The van der Waals surface area contributed by atoms with E-state index in [9.17, 15) is 14.4 Å². The molecular formula is C16H18N2O5. The molecule has 7 nitrogen and oxygen atoms in total. The molecule has 2 heterocycles. The second-order valence-electron chi connectivity index (χ2n) is 5.88. The lowest BCUT2D eigenvalue weighted by atomic mass is 9.98. The van der Waals surface area contributed by atoms with Crippen LogP contribution in [0.1, 0.15) is 29.6 Å². The van der Waals surface area contributed by atoms with Crippen LogP contribution in [0.2, 0.25) is 0 Å². The number of fused-ring (bicyclic) bond motifs is 1. The Bertz CT molecular complexity index is 791. The number of aromatic amines is 1. The van der Waals surface area contributed by atoms with Gasteiger partial charge in [0.05, 0.1) is 11.4 Å². The third-order valence-corrected chi connectivity index (χ3v) is 4.25. The molecule has 1 saturated heterocycles. The number of H-pyrrole nitrogens is 1. The van der Waals surface area contributed by atoms with Gasteiger partial charge in [-0.25, -0.2) is 4.79 Å². The number of hydrogen-bond donors (Lipinski definition) is 2. The first kappa shape index (κ1) is 15.5. The van der Waals surface area contributed by atoms with Gasteiger partial charge in [0.1, 0.15) is 0 Å². The van der Waals surface area contributed by atoms with Crippen molar-refractivity contribution in [1.29, 1.82) is 0 Å². The molecule has 0 amide bonds. The Balaban J connectivity index is 1.61. The fraction of sp³-hybridized carbons (Fsp3) is 0.438. The number of carboxylic acid groups (broad SMARTS) is 1. The number of nitrogens with zero attached hydrogens (tertiary/aromatic N) is 1. The average molecular weight is 318 g/mol. The molecule has 0 saturated carbocycles. The summed E-state index contributed by atoms with van der Waals surface area (Å²) in [6, 6.07) is 4.87. The van der Waals surface area contributed by atoms with Crippen molar-refractivity contribution in [3.63, 3.8) is 0 Å². The maximum absolute atomic E-state index is 12.3. The number of Topliss-reactive ketones (excluding diaryl/α,β-unsaturated/α-hetero) is 1. The van der Waals surface area contributed by atoms with Crippen LogP contribution in [0.15, 0.2) is 27.4 Å². The number of ketones is 1. The molecule has 1 aliphatic heterocycles. The van der Waals surface area contributed by atoms with Gasteiger partial charge >= 0.3 is 11.7 Å². The topological polar surface area (TPSA) is 104 Å². The van der Waals surface area contributed by atoms with Crippen LogP contribution in [0.5, 0.6) is 0 Å². The zero-order chi connectivity index (χ0) is 16.4. The summed E-state index contributed by atoms with van der Waals surface area (Å²) in [7, 11) is 0. The third kappa shape index (κ3) is 3.50. The van der Waals surface area contributed by atoms with E-state index < -0.39 is 11.7 Å². The van der Waals surface area contributed by atoms with Crippen molar-refractivity contribution >= 4 is 22.9 Å². The summed E-state index contributed by atoms with van der Waals surface area (Å²) < 4.78 is 4.95. The highest BCUT2D eigenvalue weighted by molar-refractivity contribution is 5.98. The van der Waals surface area contributed by atoms with Gasteiger partial charge in [0, 0.05) is 25.1 Å². The molecule has 7 heteroatoms. The normalized spacial score (nSPS) is 19.0. The standard InChI is InChI=1S/C16H18N2O5/c19-13(5-7-18-6-1-2-11(9-18)15(20)21)10-3-4-12-14(8-10)23-16(22)17-12/h3-4,8,11H,1-2,5-7,9H2,(H,17,22)(H,20,21). The number of carbonyl (C=O) groups is 2. The molecule has 0 aliphatic carbocycles. The molecule has 0 radical (unpaired) electrons. The van der Waals surface area contributed by atoms with Crippen molar-refractivity contribution in [3.8, 4) is 0 Å². The molecular weight excluding hydrogens is 300 g/mol. The molecule has 1 aromatic carbocycles. The highest BCUT2D eigenvalue weighted by Crippen LogP contribution is 2.18. The Morgan fingerprint density at radius 2 is 2.22 bits per heavy atom. The molecule has 1 fully saturated rings. The van der Waals surface area contributed by atoms with Crippen LogP contribution < -0.4 is 5.76 Å². The Morgan fingerprint density at radius 3 is 3.00 bits per heavy atom. The van der Waals surface area contributed by atoms with Crippen LogP contribution in [-0.4, -0.2) is 46.4 Å². The summed E-state index contributed by atoms with van der Waals surface area (Å²) in [5, 5.41) is 9.08. The summed E-state index contributed by atoms with van der Waals surface area (Å²) >= 11 is 0. The fourth-order valence-electron chi connectivity index (χ4n) is 2.98. The largest absolute Gasteiger partial charge is 0.481 e. The van der Waals surface area contributed by atoms with Gasteiger partial charge in [-0.05, 0) is 37.6 Å². The number of rotatable bonds is 5. The number of carboxylic acids is 1. The second kappa shape index (κ2) is 6.37. The van der Waals surface area contributed by atoms with Crippen LogP contribution in [0, 0.1) is 5.92 Å². The number of piperidine rings is 1. The van der Waals surface area contributed by atoms with Gasteiger partial charge in [0.2, 0.25) is 0 Å². The lowest BCUT2D eigenvalue weighted by Gasteiger charge is -2.30. The number of hydrogen-bond acceptors (Lipinski definition) is 5. The van der Waals surface area contributed by atoms with Crippen LogP contribution in [0.3, 0.4) is 0 Å². The molecule has 1 aliphatic rings. The highest BCUT2D eigenvalue weighted by atomic mass is 16.4. The predicted molar refractivity (Wildman–Crippen MR) is 82.6 cm³/mol. The third-order valence-electron chi connectivity index (χ3n) is 4.25. The first-order valence-corrected chi connectivity index (χ1v) is 7.64. The van der Waals surface area contributed by atoms with E-state index in [1.807, 2.05) is 4.90 Å². The zero-order valence-corrected chi connectivity index (χ0v) is 12.6. The summed E-state index contributed by atoms with van der Waals surface area (Å²) in [6.45, 7) is 1.86. The van der Waals surface area contributed by atoms with Gasteiger partial charge in [0.25, 0.3) is 0 Å². The maximum atomic E-state index is 12.3. The number of aromatic nitrogens is 1. The average Bonchev–Trinajstić information content (AvgIpc) is 2.91. The van der Waals surface area contributed by atoms with E-state index in [2.05, 4.69) is 4.98 Å². The monoisotopic (exact) mass is 318 g/mol. The smallest absolute Gasteiger partial charge is 0.417 e. The van der Waals surface area contributed by atoms with Gasteiger partial charge < -0.3 is 14.4 Å². The number of likely N-dealkylation sites (tertiary alicyclic amines) is 1. The summed E-state index contributed by atoms with van der Waals surface area (Å²) in [5.74, 6) is -1.70. The lowest BCUT2D eigenvalue weighted by Crippen LogP contribution is -2.39. The Hall–Kier alpha value is -2.41. The minimum atomic E-state index is -0.769. The molecule has 3 rings (SSSR count). The number of benzene rings is 1. The van der Waals surface area contributed by atoms with Crippen LogP contribution in [0.25, 0.3) is 11.1 Å². The van der Waals surface area contributed by atoms with Crippen molar-refractivity contribution in [2.45, 2.75) is 19.3 Å². The highest BCUT2D eigenvalue weighted by Gasteiger charge is 2.25. The molecule has 2 N–H and O–H groups in total. The van der Waals surface area contributed by atoms with E-state index in [0.29, 0.717) is 42.6 Å². The molecule has 23 heavy (non-hydrogen) atoms. The SMILES string of the molecule is O=C(CCN1CCCC(C(=O)O)C1)c1ccc2[nH]c(=O)oc2c1. The van der Waals surface area contributed by atoms with E-state index in [-0.39, 0.29) is 11.7 Å². The molecule has 0 spiro atoms. The molecule has 2 aromatic rings. The number of oxazole rings is 1. The van der Waals surface area contributed by atoms with Crippen molar-refractivity contribution in [2.75, 3.05) is 19.6 Å². The van der Waals surface area contributed by atoms with Crippen LogP contribution in [-0.2, 0) is 4.79 Å². The summed E-state index contributed by atoms with van der Waals surface area (Å²) in [4.78, 5) is 39.0. The Morgan fingerprint density at radius 1 is 1.39 bits per heavy atom. The summed E-state index contributed by atoms with van der Waals surface area (Å²) in [6.07, 6.45) is 1.85. The molecule has 1 atom stereocenters. The van der Waals surface area contributed by atoms with Gasteiger partial charge in [-0.2, -0.15) is 0 Å². The number of carbonyl (C=O) groups excluding carboxylic acids is 1. The molecule has 122 valence electrons. The van der Waals surface area contributed by atoms with Gasteiger partial charge in [-0.1, -0.05) is 0 Å². The Labute approximate surface area is 131 Å². The molecule has 1 unspecified atom stereocenters. The Kier molecular flexibility index (Phi) is 4.29. The second-order valence-corrected chi connectivity index (χ2v) is 5.88. The summed E-state index contributed by atoms with van der Waals surface area (Å²) in [5.41, 5.74) is 1.42. The fourth-order valence-corrected chi connectivity index (χ4v) is 2.98. The lowest BCUT2D eigenvalue weighted by molar-refractivity contribution is -0.143. The van der Waals surface area contributed by atoms with E-state index in [0.717, 1.165) is 13.0 Å². The zero-order valence-electron chi connectivity index (χ0n) is 12.6. The predicted octanol–water partition coefficient (Wildman–Crippen LogP) is 1.49. The van der Waals surface area contributed by atoms with Crippen molar-refractivity contribution < 1.29 is 19.1 Å². The quantitative estimate of drug-likeness (QED) is 0.810. The van der Waals surface area contributed by atoms with E-state index in [1.165, 1.54) is 0 Å². The van der Waals surface area contributed by atoms with E-state index >= 15 is 0 Å². The maximum Gasteiger partial charge on any atom is 0.417 e. The van der Waals surface area contributed by atoms with Crippen LogP contribution >= 0.6 is 0 Å². The number of aliphatic carboxylic acids is 1. The molecule has 1 aromatic heterocycles. The van der Waals surface area contributed by atoms with Gasteiger partial charge in [0.15, 0.2) is 11.4 Å². The first-order chi connectivity index (χ1) is 11.0. The van der Waals surface area contributed by atoms with E-state index in [1.54, 1.807) is 18.2 Å². The van der Waals surface area contributed by atoms with Crippen LogP contribution in [0.4, 0.5) is 0 Å². The minimum absolute atomic E-state index is 0.0480. The molecule has 0 bridgehead atoms. The van der Waals surface area contributed by atoms with E-state index in [4.69, 9.17) is 9.52 Å². The first-order valence-electron chi connectivity index (χ1n) is 7.64. The number of nitrogens with one attached hydrogen (secondary N) is 1. The van der Waals surface area contributed by atoms with Crippen molar-refractivity contribution in [2.24, 2.45) is 5.92 Å². The van der Waals surface area contributed by atoms with Crippen molar-refractivity contribution in [1.82, 2.24) is 9.88 Å². The van der Waals surface area contributed by atoms with Crippen molar-refractivity contribution in [3.05, 3.63) is 34.3 Å².